The van der Waals surface area contributed by atoms with Crippen LogP contribution in [0.1, 0.15) is 32.9 Å². The molecule has 2 aromatic heterocycles. The molecule has 32 heavy (non-hydrogen) atoms. The number of likely N-dealkylation sites (N-methyl/N-ethyl adjacent to an activating group) is 1. The summed E-state index contributed by atoms with van der Waals surface area (Å²) in [6.07, 6.45) is -0.262. The molecule has 0 radical (unpaired) electrons. The van der Waals surface area contributed by atoms with Gasteiger partial charge in [0.25, 0.3) is 0 Å². The predicted molar refractivity (Wildman–Crippen MR) is 106 cm³/mol. The largest absolute Gasteiger partial charge is 0.542 e. The van der Waals surface area contributed by atoms with Crippen molar-refractivity contribution in [2.75, 3.05) is 13.6 Å². The quantitative estimate of drug-likeness (QED) is 0.435. The number of alkyl halides is 3. The number of phenolic OH excluding ortho intramolecular Hbond substituents is 1. The van der Waals surface area contributed by atoms with Gasteiger partial charge in [0.1, 0.15) is 36.7 Å². The maximum absolute atomic E-state index is 13.1. The number of carbonyl (C=O) groups excluding carboxylic acids is 2. The average molecular weight is 445 g/mol. The van der Waals surface area contributed by atoms with Gasteiger partial charge in [-0.2, -0.15) is 13.2 Å². The van der Waals surface area contributed by atoms with Crippen molar-refractivity contribution in [3.05, 3.63) is 64.7 Å². The van der Waals surface area contributed by atoms with Gasteiger partial charge in [-0.25, -0.2) is 4.58 Å². The maximum atomic E-state index is 13.1. The summed E-state index contributed by atoms with van der Waals surface area (Å²) in [6, 6.07) is 7.12. The van der Waals surface area contributed by atoms with E-state index in [9.17, 15) is 23.1 Å². The van der Waals surface area contributed by atoms with Crippen LogP contribution in [0.2, 0.25) is 0 Å². The number of aromatic hydroxyl groups is 1. The SMILES string of the molecule is Cn1cc2c3c1C(=O)c1[nH]cc(-c4ccc(O)cc4)c1C3=[N+](C)CC2.O=C([O-])C(F)(F)F. The highest BCUT2D eigenvalue weighted by Gasteiger charge is 2.42. The minimum Gasteiger partial charge on any atom is -0.542 e. The second-order valence-electron chi connectivity index (χ2n) is 7.62. The molecular formula is C22H18F3N3O4. The molecule has 0 spiro atoms. The van der Waals surface area contributed by atoms with Crippen molar-refractivity contribution in [3.8, 4) is 16.9 Å². The number of aromatic amines is 1. The lowest BCUT2D eigenvalue weighted by Gasteiger charge is -2.20. The Balaban J connectivity index is 0.000000307. The number of carbonyl (C=O) groups is 2. The Labute approximate surface area is 180 Å². The van der Waals surface area contributed by atoms with Crippen molar-refractivity contribution < 1.29 is 37.5 Å². The number of ketones is 1. The normalized spacial score (nSPS) is 14.5. The Bertz CT molecular complexity index is 1280. The molecule has 3 aromatic rings. The van der Waals surface area contributed by atoms with Crippen LogP contribution in [0.5, 0.6) is 5.75 Å². The maximum Gasteiger partial charge on any atom is 0.430 e. The van der Waals surface area contributed by atoms with Crippen LogP contribution in [0.15, 0.2) is 36.7 Å². The van der Waals surface area contributed by atoms with Gasteiger partial charge < -0.3 is 24.6 Å². The molecule has 0 atom stereocenters. The number of fused-ring (bicyclic) bond motifs is 2. The fraction of sp³-hybridized carbons (Fsp3) is 0.227. The van der Waals surface area contributed by atoms with Crippen LogP contribution in [-0.4, -0.2) is 56.5 Å². The van der Waals surface area contributed by atoms with Crippen LogP contribution < -0.4 is 5.11 Å². The number of benzene rings is 1. The molecule has 0 saturated carbocycles. The fourth-order valence-corrected chi connectivity index (χ4v) is 4.16. The predicted octanol–water partition coefficient (Wildman–Crippen LogP) is 1.60. The zero-order chi connectivity index (χ0) is 23.4. The first-order chi connectivity index (χ1) is 15.0. The lowest BCUT2D eigenvalue weighted by Crippen LogP contribution is -2.37. The monoisotopic (exact) mass is 445 g/mol. The summed E-state index contributed by atoms with van der Waals surface area (Å²) >= 11 is 0. The standard InChI is InChI=1S/C20H17N3O2.C2HF3O2/c1-22-8-7-12-10-23(2)19-15(12)18(22)16-14(9-21-17(16)20(19)25)11-3-5-13(24)6-4-11;3-2(4,5)1(6)7/h3-6,9-10H,7-8H2,1-2H3,(H,24,25);(H,6,7). The molecule has 7 nitrogen and oxygen atoms in total. The van der Waals surface area contributed by atoms with E-state index in [1.54, 1.807) is 12.1 Å². The van der Waals surface area contributed by atoms with Crippen molar-refractivity contribution >= 4 is 17.5 Å². The Morgan fingerprint density at radius 2 is 1.84 bits per heavy atom. The summed E-state index contributed by atoms with van der Waals surface area (Å²) in [4.78, 5) is 25.1. The number of aromatic nitrogens is 2. The van der Waals surface area contributed by atoms with Crippen LogP contribution in [0, 0.1) is 0 Å². The van der Waals surface area contributed by atoms with E-state index in [1.807, 2.05) is 29.9 Å². The van der Waals surface area contributed by atoms with Gasteiger partial charge in [0.05, 0.1) is 11.1 Å². The molecule has 1 aliphatic heterocycles. The molecule has 1 aromatic carbocycles. The van der Waals surface area contributed by atoms with Crippen LogP contribution in [-0.2, 0) is 18.3 Å². The number of hydrogen-bond donors (Lipinski definition) is 2. The number of aryl methyl sites for hydroxylation is 1. The van der Waals surface area contributed by atoms with Gasteiger partial charge in [-0.3, -0.25) is 4.79 Å². The van der Waals surface area contributed by atoms with Gasteiger partial charge in [-0.1, -0.05) is 12.1 Å². The number of nitrogens with zero attached hydrogens (tertiary/aromatic N) is 2. The molecule has 0 saturated heterocycles. The summed E-state index contributed by atoms with van der Waals surface area (Å²) in [6.45, 7) is 0.930. The van der Waals surface area contributed by atoms with E-state index in [2.05, 4.69) is 22.8 Å². The number of hydrogen-bond acceptors (Lipinski definition) is 4. The van der Waals surface area contributed by atoms with Gasteiger partial charge in [0.2, 0.25) is 11.5 Å². The third-order valence-electron chi connectivity index (χ3n) is 5.56. The highest BCUT2D eigenvalue weighted by molar-refractivity contribution is 6.30. The molecule has 10 heteroatoms. The molecule has 0 unspecified atom stereocenters. The molecule has 0 amide bonds. The minimum absolute atomic E-state index is 0.0443. The van der Waals surface area contributed by atoms with E-state index in [0.29, 0.717) is 5.69 Å². The molecule has 2 aliphatic rings. The number of phenols is 1. The average Bonchev–Trinajstić information content (AvgIpc) is 3.29. The number of rotatable bonds is 1. The van der Waals surface area contributed by atoms with Crippen molar-refractivity contribution in [2.45, 2.75) is 12.6 Å². The highest BCUT2D eigenvalue weighted by Crippen LogP contribution is 2.38. The first kappa shape index (κ1) is 21.4. The number of H-pyrrole nitrogens is 1. The van der Waals surface area contributed by atoms with Crippen LogP contribution in [0.4, 0.5) is 13.2 Å². The zero-order valence-corrected chi connectivity index (χ0v) is 17.1. The van der Waals surface area contributed by atoms with Crippen molar-refractivity contribution in [3.63, 3.8) is 0 Å². The summed E-state index contributed by atoms with van der Waals surface area (Å²) in [5, 5.41) is 18.4. The third-order valence-corrected chi connectivity index (χ3v) is 5.56. The lowest BCUT2D eigenvalue weighted by molar-refractivity contribution is -0.497. The number of halogens is 3. The first-order valence-electron chi connectivity index (χ1n) is 9.61. The van der Waals surface area contributed by atoms with Gasteiger partial charge in [-0.15, -0.1) is 0 Å². The molecule has 0 fully saturated rings. The highest BCUT2D eigenvalue weighted by atomic mass is 19.4. The van der Waals surface area contributed by atoms with Gasteiger partial charge in [0.15, 0.2) is 0 Å². The van der Waals surface area contributed by atoms with Crippen LogP contribution >= 0.6 is 0 Å². The molecule has 166 valence electrons. The fourth-order valence-electron chi connectivity index (χ4n) is 4.16. The second-order valence-corrected chi connectivity index (χ2v) is 7.62. The molecule has 1 aliphatic carbocycles. The molecule has 5 rings (SSSR count). The molecule has 0 bridgehead atoms. The van der Waals surface area contributed by atoms with E-state index >= 15 is 0 Å². The Morgan fingerprint density at radius 1 is 1.22 bits per heavy atom. The number of carboxylic acid groups (broad SMARTS) is 1. The van der Waals surface area contributed by atoms with Crippen molar-refractivity contribution in [1.29, 1.82) is 0 Å². The second kappa shape index (κ2) is 7.40. The molecule has 3 heterocycles. The number of nitrogens with one attached hydrogen (secondary N) is 1. The van der Waals surface area contributed by atoms with E-state index in [4.69, 9.17) is 9.90 Å². The first-order valence-corrected chi connectivity index (χ1v) is 9.61. The zero-order valence-electron chi connectivity index (χ0n) is 17.1. The van der Waals surface area contributed by atoms with E-state index in [-0.39, 0.29) is 11.5 Å². The lowest BCUT2D eigenvalue weighted by atomic mass is 9.84. The van der Waals surface area contributed by atoms with Crippen molar-refractivity contribution in [1.82, 2.24) is 9.55 Å². The van der Waals surface area contributed by atoms with Gasteiger partial charge in [-0.05, 0) is 23.3 Å². The Kier molecular flexibility index (Phi) is 4.95. The van der Waals surface area contributed by atoms with E-state index < -0.39 is 12.1 Å². The Morgan fingerprint density at radius 3 is 2.44 bits per heavy atom. The van der Waals surface area contributed by atoms with E-state index in [1.165, 1.54) is 5.56 Å². The van der Waals surface area contributed by atoms with Crippen LogP contribution in [0.25, 0.3) is 11.1 Å². The molecular weight excluding hydrogens is 427 g/mol. The molecule has 2 N–H and O–H groups in total. The van der Waals surface area contributed by atoms with Gasteiger partial charge in [0, 0.05) is 31.4 Å². The smallest absolute Gasteiger partial charge is 0.430 e. The minimum atomic E-state index is -5.19. The van der Waals surface area contributed by atoms with Crippen LogP contribution in [0.3, 0.4) is 0 Å². The topological polar surface area (TPSA) is 101 Å². The summed E-state index contributed by atoms with van der Waals surface area (Å²) in [5.41, 5.74) is 7.79. The summed E-state index contributed by atoms with van der Waals surface area (Å²) in [7, 11) is 4.03. The van der Waals surface area contributed by atoms with E-state index in [0.717, 1.165) is 46.6 Å². The third kappa shape index (κ3) is 3.37. The Hall–Kier alpha value is -3.82. The number of aliphatic carboxylic acids is 1. The summed E-state index contributed by atoms with van der Waals surface area (Å²) in [5.74, 6) is -2.73. The number of carboxylic acids is 1. The van der Waals surface area contributed by atoms with Gasteiger partial charge >= 0.3 is 6.18 Å². The van der Waals surface area contributed by atoms with Crippen molar-refractivity contribution in [2.24, 2.45) is 7.05 Å². The summed E-state index contributed by atoms with van der Waals surface area (Å²) < 4.78 is 35.7.